The first-order valence-corrected chi connectivity index (χ1v) is 10.1. The van der Waals surface area contributed by atoms with Gasteiger partial charge in [-0.25, -0.2) is 0 Å². The minimum atomic E-state index is -0.323. The first kappa shape index (κ1) is 19.8. The third kappa shape index (κ3) is 3.94. The SMILES string of the molecule is COc1ccc(C(=O)N/C(=C\c2cn(C)c3ccccc23)C(=O)N2CCCC2)cc1. The molecule has 0 saturated carbocycles. The number of ether oxygens (including phenoxy) is 1. The lowest BCUT2D eigenvalue weighted by Gasteiger charge is -2.18. The van der Waals surface area contributed by atoms with Crippen LogP contribution in [0.2, 0.25) is 0 Å². The lowest BCUT2D eigenvalue weighted by atomic mass is 10.1. The van der Waals surface area contributed by atoms with Crippen LogP contribution in [-0.4, -0.2) is 41.5 Å². The van der Waals surface area contributed by atoms with Crippen LogP contribution in [0.4, 0.5) is 0 Å². The van der Waals surface area contributed by atoms with E-state index in [0.717, 1.165) is 29.3 Å². The molecule has 3 aromatic rings. The van der Waals surface area contributed by atoms with Crippen LogP contribution in [0.15, 0.2) is 60.4 Å². The summed E-state index contributed by atoms with van der Waals surface area (Å²) in [4.78, 5) is 27.8. The molecule has 0 aliphatic carbocycles. The Bertz CT molecular complexity index is 1110. The molecule has 2 aromatic carbocycles. The molecule has 1 aromatic heterocycles. The van der Waals surface area contributed by atoms with Gasteiger partial charge in [0.25, 0.3) is 11.8 Å². The highest BCUT2D eigenvalue weighted by Crippen LogP contribution is 2.23. The smallest absolute Gasteiger partial charge is 0.270 e. The number of likely N-dealkylation sites (tertiary alicyclic amines) is 1. The Morgan fingerprint density at radius 3 is 2.43 bits per heavy atom. The quantitative estimate of drug-likeness (QED) is 0.663. The van der Waals surface area contributed by atoms with Gasteiger partial charge in [-0.3, -0.25) is 9.59 Å². The number of carbonyl (C=O) groups is 2. The maximum atomic E-state index is 13.2. The number of para-hydroxylation sites is 1. The van der Waals surface area contributed by atoms with Crippen molar-refractivity contribution < 1.29 is 14.3 Å². The third-order valence-electron chi connectivity index (χ3n) is 5.45. The van der Waals surface area contributed by atoms with E-state index in [9.17, 15) is 9.59 Å². The second-order valence-corrected chi connectivity index (χ2v) is 7.45. The van der Waals surface area contributed by atoms with E-state index in [2.05, 4.69) is 5.32 Å². The van der Waals surface area contributed by atoms with Crippen LogP contribution in [-0.2, 0) is 11.8 Å². The van der Waals surface area contributed by atoms with Gasteiger partial charge in [0, 0.05) is 48.4 Å². The van der Waals surface area contributed by atoms with Gasteiger partial charge in [0.15, 0.2) is 0 Å². The predicted molar refractivity (Wildman–Crippen MR) is 117 cm³/mol. The molecule has 1 saturated heterocycles. The summed E-state index contributed by atoms with van der Waals surface area (Å²) in [7, 11) is 3.55. The van der Waals surface area contributed by atoms with E-state index >= 15 is 0 Å². The molecule has 154 valence electrons. The average Bonchev–Trinajstić information content (AvgIpc) is 3.42. The molecule has 6 heteroatoms. The number of aryl methyl sites for hydroxylation is 1. The summed E-state index contributed by atoms with van der Waals surface area (Å²) in [6.45, 7) is 1.42. The number of benzene rings is 2. The molecule has 2 amide bonds. The molecule has 1 N–H and O–H groups in total. The number of nitrogens with one attached hydrogen (secondary N) is 1. The number of amides is 2. The molecule has 1 aliphatic rings. The highest BCUT2D eigenvalue weighted by atomic mass is 16.5. The summed E-state index contributed by atoms with van der Waals surface area (Å²) >= 11 is 0. The standard InChI is InChI=1S/C24H25N3O3/c1-26-16-18(20-7-3-4-8-22(20)26)15-21(24(29)27-13-5-6-14-27)25-23(28)17-9-11-19(30-2)12-10-17/h3-4,7-12,15-16H,5-6,13-14H2,1-2H3,(H,25,28)/b21-15-. The van der Waals surface area contributed by atoms with Crippen molar-refractivity contribution in [1.29, 1.82) is 0 Å². The average molecular weight is 403 g/mol. The molecule has 0 radical (unpaired) electrons. The van der Waals surface area contributed by atoms with Crippen molar-refractivity contribution in [2.75, 3.05) is 20.2 Å². The molecular formula is C24H25N3O3. The molecule has 2 heterocycles. The summed E-state index contributed by atoms with van der Waals surface area (Å²) < 4.78 is 7.17. The summed E-state index contributed by atoms with van der Waals surface area (Å²) in [5.74, 6) is 0.199. The number of carbonyl (C=O) groups excluding carboxylic acids is 2. The molecule has 1 fully saturated rings. The Hall–Kier alpha value is -3.54. The van der Waals surface area contributed by atoms with Crippen molar-refractivity contribution in [3.63, 3.8) is 0 Å². The largest absolute Gasteiger partial charge is 0.497 e. The highest BCUT2D eigenvalue weighted by Gasteiger charge is 2.24. The van der Waals surface area contributed by atoms with E-state index in [1.807, 2.05) is 42.1 Å². The Balaban J connectivity index is 1.69. The first-order valence-electron chi connectivity index (χ1n) is 10.1. The number of rotatable bonds is 5. The zero-order chi connectivity index (χ0) is 21.1. The van der Waals surface area contributed by atoms with Gasteiger partial charge in [0.2, 0.25) is 0 Å². The van der Waals surface area contributed by atoms with Gasteiger partial charge in [0.1, 0.15) is 11.4 Å². The maximum Gasteiger partial charge on any atom is 0.270 e. The number of hydrogen-bond donors (Lipinski definition) is 1. The van der Waals surface area contributed by atoms with Gasteiger partial charge >= 0.3 is 0 Å². The molecule has 4 rings (SSSR count). The Morgan fingerprint density at radius 2 is 1.73 bits per heavy atom. The topological polar surface area (TPSA) is 63.6 Å². The number of aromatic nitrogens is 1. The van der Waals surface area contributed by atoms with Crippen LogP contribution in [0.5, 0.6) is 5.75 Å². The molecule has 0 atom stereocenters. The number of hydrogen-bond acceptors (Lipinski definition) is 3. The number of nitrogens with zero attached hydrogens (tertiary/aromatic N) is 2. The lowest BCUT2D eigenvalue weighted by Crippen LogP contribution is -2.36. The monoisotopic (exact) mass is 403 g/mol. The van der Waals surface area contributed by atoms with Crippen molar-refractivity contribution in [3.05, 3.63) is 71.6 Å². The third-order valence-corrected chi connectivity index (χ3v) is 5.45. The van der Waals surface area contributed by atoms with Crippen LogP contribution in [0, 0.1) is 0 Å². The van der Waals surface area contributed by atoms with Gasteiger partial charge in [-0.1, -0.05) is 18.2 Å². The van der Waals surface area contributed by atoms with Crippen molar-refractivity contribution in [2.45, 2.75) is 12.8 Å². The van der Waals surface area contributed by atoms with Crippen LogP contribution in [0.3, 0.4) is 0 Å². The van der Waals surface area contributed by atoms with E-state index in [4.69, 9.17) is 4.74 Å². The minimum absolute atomic E-state index is 0.151. The Morgan fingerprint density at radius 1 is 1.03 bits per heavy atom. The highest BCUT2D eigenvalue weighted by molar-refractivity contribution is 6.06. The van der Waals surface area contributed by atoms with Crippen molar-refractivity contribution in [3.8, 4) is 5.75 Å². The van der Waals surface area contributed by atoms with Crippen molar-refractivity contribution >= 4 is 28.8 Å². The van der Waals surface area contributed by atoms with Gasteiger partial charge in [-0.05, 0) is 49.2 Å². The summed E-state index contributed by atoms with van der Waals surface area (Å²) in [5.41, 5.74) is 2.71. The molecule has 0 bridgehead atoms. The number of fused-ring (bicyclic) bond motifs is 1. The fourth-order valence-corrected chi connectivity index (χ4v) is 3.82. The van der Waals surface area contributed by atoms with Crippen LogP contribution < -0.4 is 10.1 Å². The zero-order valence-corrected chi connectivity index (χ0v) is 17.2. The summed E-state index contributed by atoms with van der Waals surface area (Å²) in [5, 5.41) is 3.88. The van der Waals surface area contributed by atoms with Crippen LogP contribution in [0.25, 0.3) is 17.0 Å². The Kier molecular flexibility index (Phi) is 5.57. The van der Waals surface area contributed by atoms with E-state index < -0.39 is 0 Å². The maximum absolute atomic E-state index is 13.2. The second kappa shape index (κ2) is 8.45. The predicted octanol–water partition coefficient (Wildman–Crippen LogP) is 3.58. The van der Waals surface area contributed by atoms with Gasteiger partial charge in [0.05, 0.1) is 7.11 Å². The van der Waals surface area contributed by atoms with Crippen molar-refractivity contribution in [1.82, 2.24) is 14.8 Å². The fourth-order valence-electron chi connectivity index (χ4n) is 3.82. The lowest BCUT2D eigenvalue weighted by molar-refractivity contribution is -0.126. The molecule has 0 unspecified atom stereocenters. The van der Waals surface area contributed by atoms with E-state index in [0.29, 0.717) is 24.4 Å². The first-order chi connectivity index (χ1) is 14.6. The van der Waals surface area contributed by atoms with E-state index in [1.165, 1.54) is 0 Å². The summed E-state index contributed by atoms with van der Waals surface area (Å²) in [6.07, 6.45) is 5.73. The second-order valence-electron chi connectivity index (χ2n) is 7.45. The molecular weight excluding hydrogens is 378 g/mol. The van der Waals surface area contributed by atoms with E-state index in [-0.39, 0.29) is 17.5 Å². The van der Waals surface area contributed by atoms with Gasteiger partial charge in [-0.2, -0.15) is 0 Å². The fraction of sp³-hybridized carbons (Fsp3) is 0.250. The van der Waals surface area contributed by atoms with E-state index in [1.54, 1.807) is 42.4 Å². The summed E-state index contributed by atoms with van der Waals surface area (Å²) in [6, 6.07) is 14.8. The zero-order valence-electron chi connectivity index (χ0n) is 17.2. The molecule has 30 heavy (non-hydrogen) atoms. The Labute approximate surface area is 175 Å². The number of methoxy groups -OCH3 is 1. The van der Waals surface area contributed by atoms with Gasteiger partial charge in [-0.15, -0.1) is 0 Å². The minimum Gasteiger partial charge on any atom is -0.497 e. The van der Waals surface area contributed by atoms with Gasteiger partial charge < -0.3 is 19.5 Å². The van der Waals surface area contributed by atoms with Crippen molar-refractivity contribution in [2.24, 2.45) is 7.05 Å². The molecule has 0 spiro atoms. The normalized spacial score (nSPS) is 14.2. The van der Waals surface area contributed by atoms with Crippen LogP contribution in [0.1, 0.15) is 28.8 Å². The van der Waals surface area contributed by atoms with Crippen LogP contribution >= 0.6 is 0 Å². The molecule has 1 aliphatic heterocycles. The molecule has 6 nitrogen and oxygen atoms in total.